The van der Waals surface area contributed by atoms with Gasteiger partial charge in [0.05, 0.1) is 42.9 Å². The van der Waals surface area contributed by atoms with Gasteiger partial charge in [0.15, 0.2) is 0 Å². The number of esters is 1. The van der Waals surface area contributed by atoms with Crippen molar-refractivity contribution in [2.45, 2.75) is 54.1 Å². The Morgan fingerprint density at radius 1 is 1.32 bits per heavy atom. The number of rotatable bonds is 8. The first kappa shape index (κ1) is 25.3. The molecule has 2 N–H and O–H groups in total. The first-order valence-electron chi connectivity index (χ1n) is 11.6. The third kappa shape index (κ3) is 3.91. The van der Waals surface area contributed by atoms with Crippen LogP contribution >= 0.6 is 27.7 Å². The number of ether oxygens (including phenoxy) is 2. The molecule has 7 atom stereocenters. The molecular formula is C24H31BrN2O6S. The fourth-order valence-corrected chi connectivity index (χ4v) is 9.32. The van der Waals surface area contributed by atoms with E-state index in [2.05, 4.69) is 21.2 Å². The van der Waals surface area contributed by atoms with Gasteiger partial charge in [0, 0.05) is 15.8 Å². The number of carbonyl (C=O) groups is 3. The van der Waals surface area contributed by atoms with Crippen LogP contribution in [-0.2, 0) is 19.1 Å². The number of nitrogens with one attached hydrogen (secondary N) is 1. The van der Waals surface area contributed by atoms with Gasteiger partial charge < -0.3 is 24.8 Å². The minimum Gasteiger partial charge on any atom is -0.497 e. The highest BCUT2D eigenvalue weighted by Crippen LogP contribution is 2.68. The molecule has 4 rings (SSSR count). The van der Waals surface area contributed by atoms with Gasteiger partial charge in [-0.1, -0.05) is 29.8 Å². The number of likely N-dealkylation sites (tertiary alicyclic amines) is 1. The number of aliphatic hydroxyl groups excluding tert-OH is 1. The maximum absolute atomic E-state index is 13.9. The van der Waals surface area contributed by atoms with E-state index in [0.29, 0.717) is 17.9 Å². The van der Waals surface area contributed by atoms with Crippen molar-refractivity contribution in [3.8, 4) is 5.75 Å². The molecule has 0 aromatic heterocycles. The molecule has 3 aliphatic rings. The van der Waals surface area contributed by atoms with Gasteiger partial charge in [-0.3, -0.25) is 14.4 Å². The van der Waals surface area contributed by atoms with Gasteiger partial charge in [-0.15, -0.1) is 11.8 Å². The van der Waals surface area contributed by atoms with Crippen molar-refractivity contribution in [1.29, 1.82) is 0 Å². The summed E-state index contributed by atoms with van der Waals surface area (Å²) in [6.45, 7) is 5.53. The Morgan fingerprint density at radius 2 is 2.00 bits per heavy atom. The summed E-state index contributed by atoms with van der Waals surface area (Å²) in [7, 11) is 1.57. The fraction of sp³-hybridized carbons (Fsp3) is 0.625. The van der Waals surface area contributed by atoms with Crippen molar-refractivity contribution >= 4 is 51.2 Å². The first-order valence-corrected chi connectivity index (χ1v) is 13.4. The van der Waals surface area contributed by atoms with Gasteiger partial charge in [0.25, 0.3) is 0 Å². The van der Waals surface area contributed by atoms with Crippen LogP contribution in [-0.4, -0.2) is 75.0 Å². The molecule has 3 aliphatic heterocycles. The fourth-order valence-electron chi connectivity index (χ4n) is 5.74. The zero-order chi connectivity index (χ0) is 24.8. The van der Waals surface area contributed by atoms with Crippen molar-refractivity contribution in [2.75, 3.05) is 25.6 Å². The van der Waals surface area contributed by atoms with E-state index >= 15 is 0 Å². The molecule has 1 spiro atoms. The number of benzene rings is 1. The largest absolute Gasteiger partial charge is 0.497 e. The summed E-state index contributed by atoms with van der Waals surface area (Å²) in [5.41, 5.74) is 0.582. The van der Waals surface area contributed by atoms with Gasteiger partial charge in [-0.05, 0) is 43.5 Å². The Bertz CT molecular complexity index is 959. The summed E-state index contributed by atoms with van der Waals surface area (Å²) in [5.74, 6) is -1.70. The second-order valence-electron chi connectivity index (χ2n) is 9.37. The normalized spacial score (nSPS) is 32.6. The van der Waals surface area contributed by atoms with Gasteiger partial charge in [-0.25, -0.2) is 0 Å². The van der Waals surface area contributed by atoms with E-state index in [1.54, 1.807) is 55.0 Å². The van der Waals surface area contributed by atoms with Crippen molar-refractivity contribution in [3.63, 3.8) is 0 Å². The van der Waals surface area contributed by atoms with Crippen LogP contribution in [0.3, 0.4) is 0 Å². The molecule has 10 heteroatoms. The molecule has 8 nitrogen and oxygen atoms in total. The standard InChI is InChI=1S/C24H31BrN2O6S/c1-5-33-23(31)17-18-22(30)27(16(11-28)12(2)3)20(24(18)10-15(25)19(17)34-24)21(29)26-13-6-8-14(32-4)9-7-13/h6-9,12,15-20,28H,5,10-11H2,1-4H3,(H,26,29)/t15?,16-,17-,18-,19-,20?,24?/m0/s1. The van der Waals surface area contributed by atoms with Gasteiger partial charge in [0.2, 0.25) is 11.8 Å². The predicted molar refractivity (Wildman–Crippen MR) is 133 cm³/mol. The lowest BCUT2D eigenvalue weighted by atomic mass is 9.71. The molecule has 1 aromatic rings. The molecule has 0 aliphatic carbocycles. The highest BCUT2D eigenvalue weighted by molar-refractivity contribution is 9.09. The Morgan fingerprint density at radius 3 is 2.56 bits per heavy atom. The van der Waals surface area contributed by atoms with E-state index in [-0.39, 0.29) is 41.0 Å². The lowest BCUT2D eigenvalue weighted by Gasteiger charge is -2.38. The van der Waals surface area contributed by atoms with Crippen molar-refractivity contribution < 1.29 is 29.0 Å². The second-order valence-corrected chi connectivity index (χ2v) is 12.1. The molecule has 3 heterocycles. The van der Waals surface area contributed by atoms with Crippen molar-refractivity contribution in [1.82, 2.24) is 4.90 Å². The highest BCUT2D eigenvalue weighted by atomic mass is 79.9. The molecular weight excluding hydrogens is 524 g/mol. The van der Waals surface area contributed by atoms with Crippen molar-refractivity contribution in [3.05, 3.63) is 24.3 Å². The maximum atomic E-state index is 13.9. The Labute approximate surface area is 212 Å². The minimum atomic E-state index is -0.832. The summed E-state index contributed by atoms with van der Waals surface area (Å²) in [4.78, 5) is 42.3. The third-order valence-electron chi connectivity index (χ3n) is 7.21. The molecule has 3 saturated heterocycles. The number of fused-ring (bicyclic) bond motifs is 1. The number of methoxy groups -OCH3 is 1. The second kappa shape index (κ2) is 9.70. The number of hydrogen-bond acceptors (Lipinski definition) is 7. The number of amides is 2. The van der Waals surface area contributed by atoms with E-state index in [1.807, 2.05) is 13.8 Å². The van der Waals surface area contributed by atoms with E-state index in [0.717, 1.165) is 0 Å². The number of halogens is 1. The molecule has 3 unspecified atom stereocenters. The van der Waals surface area contributed by atoms with Gasteiger partial charge in [-0.2, -0.15) is 0 Å². The van der Waals surface area contributed by atoms with E-state index < -0.39 is 34.6 Å². The van der Waals surface area contributed by atoms with E-state index in [1.165, 1.54) is 0 Å². The molecule has 3 fully saturated rings. The Hall–Kier alpha value is -1.78. The summed E-state index contributed by atoms with van der Waals surface area (Å²) in [6, 6.07) is 5.61. The molecule has 1 aromatic carbocycles. The van der Waals surface area contributed by atoms with Crippen LogP contribution in [0.15, 0.2) is 24.3 Å². The summed E-state index contributed by atoms with van der Waals surface area (Å²) >= 11 is 5.26. The average molecular weight is 555 g/mol. The zero-order valence-electron chi connectivity index (χ0n) is 19.7. The van der Waals surface area contributed by atoms with Crippen LogP contribution in [0.5, 0.6) is 5.75 Å². The molecule has 34 heavy (non-hydrogen) atoms. The van der Waals surface area contributed by atoms with Crippen LogP contribution in [0.2, 0.25) is 0 Å². The molecule has 0 radical (unpaired) electrons. The van der Waals surface area contributed by atoms with Crippen molar-refractivity contribution in [2.24, 2.45) is 17.8 Å². The SMILES string of the molecule is CCOC(=O)[C@H]1[C@H]2C(=O)N([C@@H](CO)C(C)C)C(C(=O)Nc3ccc(OC)cc3)C23CC(Br)[C@@H]1S3. The molecule has 2 bridgehead atoms. The van der Waals surface area contributed by atoms with Crippen LogP contribution in [0, 0.1) is 17.8 Å². The number of thioether (sulfide) groups is 1. The number of nitrogens with zero attached hydrogens (tertiary/aromatic N) is 1. The summed E-state index contributed by atoms with van der Waals surface area (Å²) < 4.78 is 9.76. The van der Waals surface area contributed by atoms with Crippen LogP contribution in [0.1, 0.15) is 27.2 Å². The average Bonchev–Trinajstić information content (AvgIpc) is 3.38. The van der Waals surface area contributed by atoms with E-state index in [4.69, 9.17) is 9.47 Å². The Balaban J connectivity index is 1.75. The number of carbonyl (C=O) groups excluding carboxylic acids is 3. The highest BCUT2D eigenvalue weighted by Gasteiger charge is 2.76. The van der Waals surface area contributed by atoms with Crippen LogP contribution in [0.25, 0.3) is 0 Å². The predicted octanol–water partition coefficient (Wildman–Crippen LogP) is 2.68. The zero-order valence-corrected chi connectivity index (χ0v) is 22.1. The molecule has 0 saturated carbocycles. The number of anilines is 1. The summed E-state index contributed by atoms with van der Waals surface area (Å²) in [6.07, 6.45) is 0.572. The van der Waals surface area contributed by atoms with Crippen LogP contribution in [0.4, 0.5) is 5.69 Å². The minimum absolute atomic E-state index is 0.0289. The van der Waals surface area contributed by atoms with Gasteiger partial charge in [0.1, 0.15) is 11.8 Å². The topological polar surface area (TPSA) is 105 Å². The quantitative estimate of drug-likeness (QED) is 0.376. The lowest BCUT2D eigenvalue weighted by Crippen LogP contribution is -2.56. The monoisotopic (exact) mass is 554 g/mol. The van der Waals surface area contributed by atoms with E-state index in [9.17, 15) is 19.5 Å². The van der Waals surface area contributed by atoms with Crippen LogP contribution < -0.4 is 10.1 Å². The summed E-state index contributed by atoms with van der Waals surface area (Å²) in [5, 5.41) is 13.0. The first-order chi connectivity index (χ1) is 16.2. The molecule has 186 valence electrons. The maximum Gasteiger partial charge on any atom is 0.310 e. The number of aliphatic hydroxyl groups is 1. The smallest absolute Gasteiger partial charge is 0.310 e. The number of hydrogen-bond donors (Lipinski definition) is 2. The Kier molecular flexibility index (Phi) is 7.22. The van der Waals surface area contributed by atoms with Gasteiger partial charge >= 0.3 is 5.97 Å². The number of alkyl halides is 1. The molecule has 2 amide bonds. The third-order valence-corrected chi connectivity index (χ3v) is 10.4. The lowest BCUT2D eigenvalue weighted by molar-refractivity contribution is -0.154.